The zero-order valence-corrected chi connectivity index (χ0v) is 17.3. The van der Waals surface area contributed by atoms with Crippen molar-refractivity contribution in [2.45, 2.75) is 52.3 Å². The van der Waals surface area contributed by atoms with E-state index in [0.29, 0.717) is 6.54 Å². The highest BCUT2D eigenvalue weighted by Gasteiger charge is 2.08. The summed E-state index contributed by atoms with van der Waals surface area (Å²) in [6, 6.07) is 7.55. The van der Waals surface area contributed by atoms with Crippen LogP contribution < -0.4 is 15.4 Å². The second-order valence-corrected chi connectivity index (χ2v) is 8.72. The fourth-order valence-electron chi connectivity index (χ4n) is 2.51. The SMILES string of the molecule is CCNC(=NCc1cccc(CS(=O)(=O)NC)c1)NCCCCC(C)C. The maximum absolute atomic E-state index is 11.7. The average molecular weight is 383 g/mol. The summed E-state index contributed by atoms with van der Waals surface area (Å²) in [5, 5.41) is 6.61. The Kier molecular flexibility index (Phi) is 10.3. The Hall–Kier alpha value is -1.60. The first-order chi connectivity index (χ1) is 12.4. The standard InChI is InChI=1S/C19H34N4O2S/c1-5-21-19(22-12-7-6-9-16(2)3)23-14-17-10-8-11-18(13-17)15-26(24,25)20-4/h8,10-11,13,16,20H,5-7,9,12,14-15H2,1-4H3,(H2,21,22,23). The highest BCUT2D eigenvalue weighted by molar-refractivity contribution is 7.88. The Labute approximate surface area is 158 Å². The number of nitrogens with one attached hydrogen (secondary N) is 3. The normalized spacial score (nSPS) is 12.4. The summed E-state index contributed by atoms with van der Waals surface area (Å²) in [6.07, 6.45) is 3.59. The first-order valence-corrected chi connectivity index (χ1v) is 11.0. The molecule has 0 saturated heterocycles. The summed E-state index contributed by atoms with van der Waals surface area (Å²) in [4.78, 5) is 4.60. The van der Waals surface area contributed by atoms with E-state index in [4.69, 9.17) is 0 Å². The predicted molar refractivity (Wildman–Crippen MR) is 110 cm³/mol. The number of hydrogen-bond donors (Lipinski definition) is 3. The molecule has 0 heterocycles. The third-order valence-electron chi connectivity index (χ3n) is 3.92. The van der Waals surface area contributed by atoms with Crippen LogP contribution in [0.2, 0.25) is 0 Å². The van der Waals surface area contributed by atoms with Crippen LogP contribution >= 0.6 is 0 Å². The monoisotopic (exact) mass is 382 g/mol. The van der Waals surface area contributed by atoms with Crippen LogP contribution in [0.4, 0.5) is 0 Å². The van der Waals surface area contributed by atoms with Crippen molar-refractivity contribution in [2.24, 2.45) is 10.9 Å². The van der Waals surface area contributed by atoms with Gasteiger partial charge in [0.05, 0.1) is 12.3 Å². The summed E-state index contributed by atoms with van der Waals surface area (Å²) in [7, 11) is -1.83. The number of rotatable bonds is 11. The fourth-order valence-corrected chi connectivity index (χ4v) is 3.27. The minimum atomic E-state index is -3.26. The van der Waals surface area contributed by atoms with Crippen LogP contribution in [0, 0.1) is 5.92 Å². The van der Waals surface area contributed by atoms with Gasteiger partial charge in [0, 0.05) is 13.1 Å². The minimum Gasteiger partial charge on any atom is -0.357 e. The Bertz CT molecular complexity index is 657. The molecule has 26 heavy (non-hydrogen) atoms. The summed E-state index contributed by atoms with van der Waals surface area (Å²) in [5.74, 6) is 1.52. The molecule has 0 unspecified atom stereocenters. The molecule has 0 aliphatic carbocycles. The van der Waals surface area contributed by atoms with Crippen molar-refractivity contribution in [3.05, 3.63) is 35.4 Å². The Morgan fingerprint density at radius 3 is 2.54 bits per heavy atom. The molecular weight excluding hydrogens is 348 g/mol. The third-order valence-corrected chi connectivity index (χ3v) is 5.26. The highest BCUT2D eigenvalue weighted by Crippen LogP contribution is 2.10. The van der Waals surface area contributed by atoms with Gasteiger partial charge in [0.1, 0.15) is 0 Å². The number of aliphatic imine (C=N–C) groups is 1. The summed E-state index contributed by atoms with van der Waals surface area (Å²) in [6.45, 7) is 8.75. The molecule has 0 saturated carbocycles. The van der Waals surface area contributed by atoms with Gasteiger partial charge in [-0.25, -0.2) is 18.1 Å². The second kappa shape index (κ2) is 11.9. The first-order valence-electron chi connectivity index (χ1n) is 9.37. The lowest BCUT2D eigenvalue weighted by Gasteiger charge is -2.12. The number of unbranched alkanes of at least 4 members (excludes halogenated alkanes) is 1. The van der Waals surface area contributed by atoms with Gasteiger partial charge in [0.15, 0.2) is 5.96 Å². The maximum Gasteiger partial charge on any atom is 0.215 e. The molecule has 0 spiro atoms. The van der Waals surface area contributed by atoms with Gasteiger partial charge in [-0.15, -0.1) is 0 Å². The quantitative estimate of drug-likeness (QED) is 0.312. The van der Waals surface area contributed by atoms with E-state index in [0.717, 1.165) is 42.5 Å². The molecule has 148 valence electrons. The van der Waals surface area contributed by atoms with Crippen LogP contribution in [0.3, 0.4) is 0 Å². The number of benzene rings is 1. The molecule has 0 atom stereocenters. The van der Waals surface area contributed by atoms with Gasteiger partial charge in [-0.05, 0) is 37.4 Å². The molecule has 0 bridgehead atoms. The van der Waals surface area contributed by atoms with Crippen LogP contribution in [-0.2, 0) is 22.3 Å². The van der Waals surface area contributed by atoms with Crippen LogP contribution in [0.25, 0.3) is 0 Å². The summed E-state index contributed by atoms with van der Waals surface area (Å²) in [5.41, 5.74) is 1.75. The highest BCUT2D eigenvalue weighted by atomic mass is 32.2. The molecular formula is C19H34N4O2S. The topological polar surface area (TPSA) is 82.6 Å². The van der Waals surface area contributed by atoms with E-state index in [1.54, 1.807) is 0 Å². The van der Waals surface area contributed by atoms with Gasteiger partial charge in [0.2, 0.25) is 10.0 Å². The zero-order valence-electron chi connectivity index (χ0n) is 16.5. The Morgan fingerprint density at radius 2 is 1.88 bits per heavy atom. The van der Waals surface area contributed by atoms with Crippen molar-refractivity contribution in [3.63, 3.8) is 0 Å². The molecule has 0 aliphatic rings. The van der Waals surface area contributed by atoms with Crippen LogP contribution in [0.5, 0.6) is 0 Å². The van der Waals surface area contributed by atoms with Crippen molar-refractivity contribution in [1.29, 1.82) is 0 Å². The molecule has 0 fully saturated rings. The molecule has 0 amide bonds. The number of nitrogens with zero attached hydrogens (tertiary/aromatic N) is 1. The van der Waals surface area contributed by atoms with Gasteiger partial charge >= 0.3 is 0 Å². The van der Waals surface area contributed by atoms with Gasteiger partial charge < -0.3 is 10.6 Å². The molecule has 0 aromatic heterocycles. The number of guanidine groups is 1. The van der Waals surface area contributed by atoms with Crippen LogP contribution in [0.15, 0.2) is 29.3 Å². The lowest BCUT2D eigenvalue weighted by atomic mass is 10.1. The van der Waals surface area contributed by atoms with E-state index in [1.807, 2.05) is 31.2 Å². The van der Waals surface area contributed by atoms with Gasteiger partial charge in [-0.2, -0.15) is 0 Å². The van der Waals surface area contributed by atoms with Crippen LogP contribution in [0.1, 0.15) is 51.2 Å². The molecule has 1 rings (SSSR count). The van der Waals surface area contributed by atoms with E-state index in [-0.39, 0.29) is 5.75 Å². The Balaban J connectivity index is 2.60. The van der Waals surface area contributed by atoms with E-state index >= 15 is 0 Å². The third kappa shape index (κ3) is 9.77. The lowest BCUT2D eigenvalue weighted by Crippen LogP contribution is -2.37. The van der Waals surface area contributed by atoms with Crippen molar-refractivity contribution in [2.75, 3.05) is 20.1 Å². The molecule has 3 N–H and O–H groups in total. The van der Waals surface area contributed by atoms with Gasteiger partial charge in [0.25, 0.3) is 0 Å². The van der Waals surface area contributed by atoms with E-state index < -0.39 is 10.0 Å². The second-order valence-electron chi connectivity index (χ2n) is 6.79. The van der Waals surface area contributed by atoms with Crippen LogP contribution in [-0.4, -0.2) is 34.5 Å². The van der Waals surface area contributed by atoms with E-state index in [2.05, 4.69) is 34.2 Å². The minimum absolute atomic E-state index is 0.0186. The summed E-state index contributed by atoms with van der Waals surface area (Å²) < 4.78 is 25.7. The molecule has 6 nitrogen and oxygen atoms in total. The fraction of sp³-hybridized carbons (Fsp3) is 0.632. The number of hydrogen-bond acceptors (Lipinski definition) is 3. The van der Waals surface area contributed by atoms with Crippen molar-refractivity contribution < 1.29 is 8.42 Å². The zero-order chi connectivity index (χ0) is 19.4. The largest absolute Gasteiger partial charge is 0.357 e. The van der Waals surface area contributed by atoms with E-state index in [9.17, 15) is 8.42 Å². The molecule has 1 aromatic rings. The average Bonchev–Trinajstić information content (AvgIpc) is 2.59. The van der Waals surface area contributed by atoms with E-state index in [1.165, 1.54) is 19.9 Å². The van der Waals surface area contributed by atoms with Gasteiger partial charge in [-0.1, -0.05) is 51.0 Å². The number of sulfonamides is 1. The van der Waals surface area contributed by atoms with Crippen molar-refractivity contribution in [1.82, 2.24) is 15.4 Å². The lowest BCUT2D eigenvalue weighted by molar-refractivity contribution is 0.534. The van der Waals surface area contributed by atoms with Crippen molar-refractivity contribution >= 4 is 16.0 Å². The predicted octanol–water partition coefficient (Wildman–Crippen LogP) is 2.62. The van der Waals surface area contributed by atoms with Crippen molar-refractivity contribution in [3.8, 4) is 0 Å². The maximum atomic E-state index is 11.7. The smallest absolute Gasteiger partial charge is 0.215 e. The van der Waals surface area contributed by atoms with Gasteiger partial charge in [-0.3, -0.25) is 0 Å². The first kappa shape index (κ1) is 22.4. The molecule has 1 aromatic carbocycles. The Morgan fingerprint density at radius 1 is 1.15 bits per heavy atom. The summed E-state index contributed by atoms with van der Waals surface area (Å²) >= 11 is 0. The molecule has 7 heteroatoms. The molecule has 0 radical (unpaired) electrons. The molecule has 0 aliphatic heterocycles.